The molecule has 0 heterocycles. The molecule has 0 saturated heterocycles. The van der Waals surface area contributed by atoms with E-state index in [2.05, 4.69) is 32.9 Å². The van der Waals surface area contributed by atoms with Gasteiger partial charge in [-0.05, 0) is 44.9 Å². The Bertz CT molecular complexity index is 792. The molecule has 0 rings (SSSR count). The normalized spacial score (nSPS) is 12.1. The van der Waals surface area contributed by atoms with Gasteiger partial charge in [0.1, 0.15) is 0 Å². The van der Waals surface area contributed by atoms with E-state index < -0.39 is 0 Å². The van der Waals surface area contributed by atoms with Gasteiger partial charge in [0.25, 0.3) is 0 Å². The predicted octanol–water partition coefficient (Wildman–Crippen LogP) is 17.3. The highest BCUT2D eigenvalue weighted by atomic mass is 16.5. The van der Waals surface area contributed by atoms with Crippen molar-refractivity contribution in [3.05, 3.63) is 12.2 Å². The van der Waals surface area contributed by atoms with Crippen LogP contribution in [-0.4, -0.2) is 25.2 Å². The SMILES string of the molecule is CCCCCCCCC/C=C/CCCCCCCCCCC(CC(=O)OCCCCCCCCCCCCC)C(=O)OCCCCCCCCCCCCC. The van der Waals surface area contributed by atoms with E-state index >= 15 is 0 Å². The third-order valence-electron chi connectivity index (χ3n) is 11.6. The second-order valence-electron chi connectivity index (χ2n) is 17.1. The molecule has 0 amide bonds. The summed E-state index contributed by atoms with van der Waals surface area (Å²) in [6.07, 6.45) is 55.9. The van der Waals surface area contributed by atoms with Crippen LogP contribution in [0.25, 0.3) is 0 Å². The van der Waals surface area contributed by atoms with Crippen molar-refractivity contribution in [1.82, 2.24) is 0 Å². The van der Waals surface area contributed by atoms with E-state index in [0.717, 1.165) is 44.9 Å². The summed E-state index contributed by atoms with van der Waals surface area (Å²) in [7, 11) is 0. The molecule has 0 bridgehead atoms. The van der Waals surface area contributed by atoms with Crippen LogP contribution in [0, 0.1) is 5.92 Å². The molecular formula is C51H98O4. The number of hydrogen-bond donors (Lipinski definition) is 0. The summed E-state index contributed by atoms with van der Waals surface area (Å²) in [5.41, 5.74) is 0. The standard InChI is InChI=1S/C51H98O4/c1-4-7-10-13-16-19-22-23-24-25-26-27-28-29-30-33-36-39-42-45-49(51(53)55-47-44-41-38-35-32-21-18-15-12-9-6-3)48-50(52)54-46-43-40-37-34-31-20-17-14-11-8-5-2/h24-25,49H,4-23,26-48H2,1-3H3/b25-24+. The number of carbonyl (C=O) groups is 2. The molecule has 0 aromatic heterocycles. The van der Waals surface area contributed by atoms with Crippen LogP contribution in [0.5, 0.6) is 0 Å². The first-order valence-corrected chi connectivity index (χ1v) is 25.1. The molecule has 0 aliphatic heterocycles. The number of hydrogen-bond acceptors (Lipinski definition) is 4. The van der Waals surface area contributed by atoms with E-state index in [-0.39, 0.29) is 24.3 Å². The molecule has 0 aromatic carbocycles. The molecule has 0 fully saturated rings. The van der Waals surface area contributed by atoms with Gasteiger partial charge in [0.05, 0.1) is 25.6 Å². The number of unbranched alkanes of at least 4 members (excludes halogenated alkanes) is 35. The first-order chi connectivity index (χ1) is 27.2. The Morgan fingerprint density at radius 2 is 0.655 bits per heavy atom. The van der Waals surface area contributed by atoms with Crippen molar-refractivity contribution in [2.75, 3.05) is 13.2 Å². The largest absolute Gasteiger partial charge is 0.466 e. The van der Waals surface area contributed by atoms with Crippen molar-refractivity contribution in [2.45, 2.75) is 284 Å². The molecule has 0 radical (unpaired) electrons. The summed E-state index contributed by atoms with van der Waals surface area (Å²) in [4.78, 5) is 25.9. The third kappa shape index (κ3) is 43.6. The van der Waals surface area contributed by atoms with E-state index in [1.165, 1.54) is 212 Å². The van der Waals surface area contributed by atoms with E-state index in [9.17, 15) is 9.59 Å². The molecular weight excluding hydrogens is 677 g/mol. The molecule has 0 aliphatic carbocycles. The first kappa shape index (κ1) is 53.7. The summed E-state index contributed by atoms with van der Waals surface area (Å²) >= 11 is 0. The quantitative estimate of drug-likeness (QED) is 0.0351. The zero-order valence-electron chi connectivity index (χ0n) is 37.8. The fourth-order valence-electron chi connectivity index (χ4n) is 7.74. The average molecular weight is 775 g/mol. The Morgan fingerprint density at radius 1 is 0.364 bits per heavy atom. The van der Waals surface area contributed by atoms with Crippen LogP contribution in [0.3, 0.4) is 0 Å². The van der Waals surface area contributed by atoms with Crippen LogP contribution in [0.2, 0.25) is 0 Å². The van der Waals surface area contributed by atoms with Gasteiger partial charge in [-0.1, -0.05) is 245 Å². The summed E-state index contributed by atoms with van der Waals surface area (Å²) < 4.78 is 11.4. The van der Waals surface area contributed by atoms with Crippen molar-refractivity contribution in [1.29, 1.82) is 0 Å². The maximum atomic E-state index is 13.1. The topological polar surface area (TPSA) is 52.6 Å². The van der Waals surface area contributed by atoms with Crippen LogP contribution in [0.15, 0.2) is 12.2 Å². The van der Waals surface area contributed by atoms with Crippen molar-refractivity contribution in [3.8, 4) is 0 Å². The van der Waals surface area contributed by atoms with E-state index in [4.69, 9.17) is 9.47 Å². The lowest BCUT2D eigenvalue weighted by atomic mass is 9.97. The van der Waals surface area contributed by atoms with Crippen LogP contribution in [0.4, 0.5) is 0 Å². The summed E-state index contributed by atoms with van der Waals surface area (Å²) in [5, 5.41) is 0. The van der Waals surface area contributed by atoms with E-state index in [1.807, 2.05) is 0 Å². The monoisotopic (exact) mass is 775 g/mol. The minimum Gasteiger partial charge on any atom is -0.466 e. The van der Waals surface area contributed by atoms with Gasteiger partial charge < -0.3 is 9.47 Å². The number of rotatable bonds is 46. The van der Waals surface area contributed by atoms with Gasteiger partial charge in [-0.2, -0.15) is 0 Å². The highest BCUT2D eigenvalue weighted by Crippen LogP contribution is 2.20. The molecule has 0 spiro atoms. The Morgan fingerprint density at radius 3 is 1.02 bits per heavy atom. The zero-order valence-corrected chi connectivity index (χ0v) is 37.8. The average Bonchev–Trinajstić information content (AvgIpc) is 3.19. The molecule has 0 N–H and O–H groups in total. The molecule has 326 valence electrons. The van der Waals surface area contributed by atoms with Gasteiger partial charge in [0, 0.05) is 0 Å². The van der Waals surface area contributed by atoms with Crippen molar-refractivity contribution >= 4 is 11.9 Å². The molecule has 0 aliphatic rings. The first-order valence-electron chi connectivity index (χ1n) is 25.1. The zero-order chi connectivity index (χ0) is 40.0. The van der Waals surface area contributed by atoms with Crippen LogP contribution in [0.1, 0.15) is 284 Å². The fraction of sp³-hybridized carbons (Fsp3) is 0.922. The molecule has 4 nitrogen and oxygen atoms in total. The maximum absolute atomic E-state index is 13.1. The van der Waals surface area contributed by atoms with Gasteiger partial charge in [-0.15, -0.1) is 0 Å². The van der Waals surface area contributed by atoms with Gasteiger partial charge in [-0.25, -0.2) is 0 Å². The lowest BCUT2D eigenvalue weighted by Crippen LogP contribution is -2.23. The van der Waals surface area contributed by atoms with E-state index in [0.29, 0.717) is 13.2 Å². The van der Waals surface area contributed by atoms with E-state index in [1.54, 1.807) is 0 Å². The van der Waals surface area contributed by atoms with Crippen LogP contribution in [-0.2, 0) is 19.1 Å². The lowest BCUT2D eigenvalue weighted by Gasteiger charge is -2.16. The Labute approximate surface area is 345 Å². The summed E-state index contributed by atoms with van der Waals surface area (Å²) in [5.74, 6) is -0.775. The minimum atomic E-state index is -0.364. The lowest BCUT2D eigenvalue weighted by molar-refractivity contribution is -0.155. The second-order valence-corrected chi connectivity index (χ2v) is 17.1. The van der Waals surface area contributed by atoms with Crippen LogP contribution >= 0.6 is 0 Å². The van der Waals surface area contributed by atoms with Gasteiger partial charge in [0.15, 0.2) is 0 Å². The molecule has 0 aromatic rings. The van der Waals surface area contributed by atoms with Crippen molar-refractivity contribution in [3.63, 3.8) is 0 Å². The summed E-state index contributed by atoms with van der Waals surface area (Å²) in [6.45, 7) is 7.79. The maximum Gasteiger partial charge on any atom is 0.309 e. The van der Waals surface area contributed by atoms with Crippen molar-refractivity contribution < 1.29 is 19.1 Å². The number of allylic oxidation sites excluding steroid dienone is 2. The molecule has 1 atom stereocenters. The Balaban J connectivity index is 4.20. The summed E-state index contributed by atoms with van der Waals surface area (Å²) in [6, 6.07) is 0. The minimum absolute atomic E-state index is 0.169. The third-order valence-corrected chi connectivity index (χ3v) is 11.6. The molecule has 4 heteroatoms. The predicted molar refractivity (Wildman–Crippen MR) is 241 cm³/mol. The highest BCUT2D eigenvalue weighted by Gasteiger charge is 2.24. The number of carbonyl (C=O) groups excluding carboxylic acids is 2. The number of esters is 2. The molecule has 55 heavy (non-hydrogen) atoms. The van der Waals surface area contributed by atoms with Gasteiger partial charge in [0.2, 0.25) is 0 Å². The second kappa shape index (κ2) is 47.1. The fourth-order valence-corrected chi connectivity index (χ4v) is 7.74. The molecule has 1 unspecified atom stereocenters. The Kier molecular flexibility index (Phi) is 45.9. The van der Waals surface area contributed by atoms with Gasteiger partial charge >= 0.3 is 11.9 Å². The smallest absolute Gasteiger partial charge is 0.309 e. The molecule has 0 saturated carbocycles. The number of ether oxygens (including phenoxy) is 2. The van der Waals surface area contributed by atoms with Crippen LogP contribution < -0.4 is 0 Å². The Hall–Kier alpha value is -1.32. The van der Waals surface area contributed by atoms with Crippen molar-refractivity contribution in [2.24, 2.45) is 5.92 Å². The van der Waals surface area contributed by atoms with Gasteiger partial charge in [-0.3, -0.25) is 9.59 Å². The highest BCUT2D eigenvalue weighted by molar-refractivity contribution is 5.79.